The minimum Gasteiger partial charge on any atom is -0.355 e. The van der Waals surface area contributed by atoms with Gasteiger partial charge in [-0.2, -0.15) is 0 Å². The second kappa shape index (κ2) is 12.9. The van der Waals surface area contributed by atoms with E-state index in [9.17, 15) is 4.79 Å². The summed E-state index contributed by atoms with van der Waals surface area (Å²) in [6.07, 6.45) is 0. The lowest BCUT2D eigenvalue weighted by molar-refractivity contribution is 0.0827. The molecule has 0 aliphatic heterocycles. The summed E-state index contributed by atoms with van der Waals surface area (Å²) >= 11 is 0. The lowest BCUT2D eigenvalue weighted by Crippen LogP contribution is -2.45. The Kier molecular flexibility index (Phi) is 12.2. The van der Waals surface area contributed by atoms with Crippen molar-refractivity contribution in [1.82, 2.24) is 20.4 Å². The van der Waals surface area contributed by atoms with Crippen LogP contribution in [-0.2, 0) is 6.54 Å². The molecule has 26 heavy (non-hydrogen) atoms. The molecule has 0 aliphatic carbocycles. The minimum atomic E-state index is 0. The van der Waals surface area contributed by atoms with Crippen LogP contribution in [0, 0.1) is 0 Å². The van der Waals surface area contributed by atoms with Gasteiger partial charge in [-0.3, -0.25) is 14.7 Å². The Morgan fingerprint density at radius 1 is 1.12 bits per heavy atom. The van der Waals surface area contributed by atoms with Crippen molar-refractivity contribution in [2.45, 2.75) is 33.4 Å². The Morgan fingerprint density at radius 3 is 2.15 bits per heavy atom. The van der Waals surface area contributed by atoms with Gasteiger partial charge in [0, 0.05) is 45.8 Å². The van der Waals surface area contributed by atoms with Gasteiger partial charge >= 0.3 is 0 Å². The molecule has 0 aromatic heterocycles. The highest BCUT2D eigenvalue weighted by molar-refractivity contribution is 14.0. The van der Waals surface area contributed by atoms with E-state index in [1.165, 1.54) is 0 Å². The zero-order valence-corrected chi connectivity index (χ0v) is 19.2. The van der Waals surface area contributed by atoms with Crippen LogP contribution in [0.25, 0.3) is 0 Å². The molecule has 0 saturated carbocycles. The van der Waals surface area contributed by atoms with Gasteiger partial charge in [0.25, 0.3) is 5.91 Å². The number of guanidine groups is 1. The number of benzene rings is 1. The first-order valence-electron chi connectivity index (χ1n) is 8.92. The van der Waals surface area contributed by atoms with Gasteiger partial charge in [-0.25, -0.2) is 0 Å². The number of rotatable bonds is 8. The lowest BCUT2D eigenvalue weighted by atomic mass is 10.1. The SMILES string of the molecule is CCN(CC)C(C)CNC(=NC)NCc1ccc(C(=O)N(C)C)cc1.I. The molecule has 0 bridgehead atoms. The topological polar surface area (TPSA) is 60.0 Å². The van der Waals surface area contributed by atoms with Crippen molar-refractivity contribution in [1.29, 1.82) is 0 Å². The molecule has 1 rings (SSSR count). The van der Waals surface area contributed by atoms with E-state index in [1.807, 2.05) is 24.3 Å². The Balaban J connectivity index is 0.00000625. The summed E-state index contributed by atoms with van der Waals surface area (Å²) in [6.45, 7) is 10.2. The van der Waals surface area contributed by atoms with Crippen molar-refractivity contribution >= 4 is 35.8 Å². The number of carbonyl (C=O) groups excluding carboxylic acids is 1. The largest absolute Gasteiger partial charge is 0.355 e. The third-order valence-electron chi connectivity index (χ3n) is 4.29. The molecule has 0 heterocycles. The fourth-order valence-corrected chi connectivity index (χ4v) is 2.65. The van der Waals surface area contributed by atoms with Gasteiger partial charge in [0.2, 0.25) is 0 Å². The molecule has 1 amide bonds. The van der Waals surface area contributed by atoms with Crippen molar-refractivity contribution in [2.24, 2.45) is 4.99 Å². The molecule has 2 N–H and O–H groups in total. The maximum absolute atomic E-state index is 11.9. The third-order valence-corrected chi connectivity index (χ3v) is 4.29. The van der Waals surface area contributed by atoms with Crippen molar-refractivity contribution < 1.29 is 4.79 Å². The van der Waals surface area contributed by atoms with E-state index >= 15 is 0 Å². The smallest absolute Gasteiger partial charge is 0.253 e. The average molecular weight is 475 g/mol. The van der Waals surface area contributed by atoms with Crippen LogP contribution in [0.3, 0.4) is 0 Å². The standard InChI is InChI=1S/C19H33N5O.HI/c1-7-24(8-2)15(3)13-21-19(20-4)22-14-16-9-11-17(12-10-16)18(25)23(5)6;/h9-12,15H,7-8,13-14H2,1-6H3,(H2,20,21,22);1H. The molecule has 0 radical (unpaired) electrons. The summed E-state index contributed by atoms with van der Waals surface area (Å²) < 4.78 is 0. The van der Waals surface area contributed by atoms with E-state index < -0.39 is 0 Å². The number of aliphatic imine (C=N–C) groups is 1. The van der Waals surface area contributed by atoms with E-state index in [2.05, 4.69) is 41.3 Å². The van der Waals surface area contributed by atoms with Gasteiger partial charge in [0.05, 0.1) is 0 Å². The molecular weight excluding hydrogens is 441 g/mol. The summed E-state index contributed by atoms with van der Waals surface area (Å²) in [5.41, 5.74) is 1.80. The van der Waals surface area contributed by atoms with Crippen LogP contribution >= 0.6 is 24.0 Å². The minimum absolute atomic E-state index is 0. The van der Waals surface area contributed by atoms with Crippen molar-refractivity contribution in [2.75, 3.05) is 40.8 Å². The summed E-state index contributed by atoms with van der Waals surface area (Å²) in [6, 6.07) is 8.10. The summed E-state index contributed by atoms with van der Waals surface area (Å²) in [7, 11) is 5.29. The lowest BCUT2D eigenvalue weighted by Gasteiger charge is -2.27. The Labute approximate surface area is 175 Å². The first-order chi connectivity index (χ1) is 11.9. The molecule has 0 saturated heterocycles. The fraction of sp³-hybridized carbons (Fsp3) is 0.579. The van der Waals surface area contributed by atoms with Gasteiger partial charge in [0.1, 0.15) is 0 Å². The molecule has 1 unspecified atom stereocenters. The van der Waals surface area contributed by atoms with Gasteiger partial charge in [-0.1, -0.05) is 26.0 Å². The van der Waals surface area contributed by atoms with Crippen LogP contribution in [0.2, 0.25) is 0 Å². The monoisotopic (exact) mass is 475 g/mol. The van der Waals surface area contributed by atoms with Crippen LogP contribution in [0.15, 0.2) is 29.3 Å². The van der Waals surface area contributed by atoms with Gasteiger partial charge in [-0.05, 0) is 37.7 Å². The van der Waals surface area contributed by atoms with Gasteiger partial charge < -0.3 is 15.5 Å². The maximum Gasteiger partial charge on any atom is 0.253 e. The molecule has 1 atom stereocenters. The number of likely N-dealkylation sites (N-methyl/N-ethyl adjacent to an activating group) is 1. The average Bonchev–Trinajstić information content (AvgIpc) is 2.62. The molecule has 0 spiro atoms. The normalized spacial score (nSPS) is 12.3. The number of hydrogen-bond acceptors (Lipinski definition) is 3. The summed E-state index contributed by atoms with van der Waals surface area (Å²) in [5, 5.41) is 6.68. The maximum atomic E-state index is 11.9. The number of amides is 1. The van der Waals surface area contributed by atoms with Crippen LogP contribution in [-0.4, -0.2) is 68.5 Å². The van der Waals surface area contributed by atoms with Crippen LogP contribution in [0.1, 0.15) is 36.7 Å². The quantitative estimate of drug-likeness (QED) is 0.345. The highest BCUT2D eigenvalue weighted by atomic mass is 127. The second-order valence-electron chi connectivity index (χ2n) is 6.27. The van der Waals surface area contributed by atoms with Crippen LogP contribution < -0.4 is 10.6 Å². The molecule has 6 nitrogen and oxygen atoms in total. The van der Waals surface area contributed by atoms with E-state index in [4.69, 9.17) is 0 Å². The number of nitrogens with zero attached hydrogens (tertiary/aromatic N) is 3. The molecule has 1 aromatic carbocycles. The number of halogens is 1. The van der Waals surface area contributed by atoms with E-state index in [0.29, 0.717) is 18.2 Å². The van der Waals surface area contributed by atoms with Gasteiger partial charge in [0.15, 0.2) is 5.96 Å². The highest BCUT2D eigenvalue weighted by Crippen LogP contribution is 2.06. The first-order valence-corrected chi connectivity index (χ1v) is 8.92. The molecular formula is C19H34IN5O. The van der Waals surface area contributed by atoms with E-state index in [-0.39, 0.29) is 29.9 Å². The van der Waals surface area contributed by atoms with Crippen LogP contribution in [0.4, 0.5) is 0 Å². The van der Waals surface area contributed by atoms with E-state index in [1.54, 1.807) is 26.0 Å². The van der Waals surface area contributed by atoms with E-state index in [0.717, 1.165) is 31.2 Å². The molecule has 148 valence electrons. The second-order valence-corrected chi connectivity index (χ2v) is 6.27. The van der Waals surface area contributed by atoms with Crippen molar-refractivity contribution in [3.05, 3.63) is 35.4 Å². The molecule has 7 heteroatoms. The van der Waals surface area contributed by atoms with Crippen molar-refractivity contribution in [3.8, 4) is 0 Å². The predicted octanol–water partition coefficient (Wildman–Crippen LogP) is 2.40. The zero-order valence-electron chi connectivity index (χ0n) is 16.9. The number of nitrogens with one attached hydrogen (secondary N) is 2. The highest BCUT2D eigenvalue weighted by Gasteiger charge is 2.10. The summed E-state index contributed by atoms with van der Waals surface area (Å²) in [5.74, 6) is 0.801. The van der Waals surface area contributed by atoms with Crippen molar-refractivity contribution in [3.63, 3.8) is 0 Å². The Bertz CT molecular complexity index is 556. The van der Waals surface area contributed by atoms with Crippen LogP contribution in [0.5, 0.6) is 0 Å². The Hall–Kier alpha value is -1.35. The zero-order chi connectivity index (χ0) is 18.8. The molecule has 0 fully saturated rings. The Morgan fingerprint density at radius 2 is 1.69 bits per heavy atom. The van der Waals surface area contributed by atoms with Gasteiger partial charge in [-0.15, -0.1) is 24.0 Å². The fourth-order valence-electron chi connectivity index (χ4n) is 2.65. The predicted molar refractivity (Wildman–Crippen MR) is 120 cm³/mol. The molecule has 0 aliphatic rings. The number of hydrogen-bond donors (Lipinski definition) is 2. The first kappa shape index (κ1) is 24.7. The molecule has 1 aromatic rings. The third kappa shape index (κ3) is 7.90. The number of carbonyl (C=O) groups is 1. The summed E-state index contributed by atoms with van der Waals surface area (Å²) in [4.78, 5) is 20.2.